The lowest BCUT2D eigenvalue weighted by Gasteiger charge is -2.37. The molecule has 1 N–H and O–H groups in total. The SMILES string of the molecule is CCC(NC(C)(C)CC(C)(C)C)c1ccc(Cl)c(Cl)c1. The van der Waals surface area contributed by atoms with Crippen LogP contribution in [0, 0.1) is 5.41 Å². The van der Waals surface area contributed by atoms with E-state index in [1.807, 2.05) is 12.1 Å². The van der Waals surface area contributed by atoms with Crippen LogP contribution in [-0.2, 0) is 0 Å². The zero-order chi connectivity index (χ0) is 15.6. The summed E-state index contributed by atoms with van der Waals surface area (Å²) in [5.41, 5.74) is 1.57. The van der Waals surface area contributed by atoms with Crippen LogP contribution in [0.5, 0.6) is 0 Å². The molecule has 1 atom stereocenters. The predicted octanol–water partition coefficient (Wildman–Crippen LogP) is 6.25. The van der Waals surface area contributed by atoms with Crippen LogP contribution in [0.2, 0.25) is 10.0 Å². The van der Waals surface area contributed by atoms with E-state index in [0.717, 1.165) is 12.8 Å². The Morgan fingerprint density at radius 2 is 1.65 bits per heavy atom. The van der Waals surface area contributed by atoms with Crippen LogP contribution in [0.3, 0.4) is 0 Å². The molecule has 1 nitrogen and oxygen atoms in total. The first-order chi connectivity index (χ1) is 9.04. The second-order valence-corrected chi connectivity index (χ2v) is 8.21. The first-order valence-corrected chi connectivity index (χ1v) is 8.02. The summed E-state index contributed by atoms with van der Waals surface area (Å²) in [4.78, 5) is 0. The fraction of sp³-hybridized carbons (Fsp3) is 0.647. The first-order valence-electron chi connectivity index (χ1n) is 7.27. The topological polar surface area (TPSA) is 12.0 Å². The average molecular weight is 316 g/mol. The fourth-order valence-corrected chi connectivity index (χ4v) is 3.31. The number of hydrogen-bond acceptors (Lipinski definition) is 1. The van der Waals surface area contributed by atoms with Crippen LogP contribution in [0.1, 0.15) is 66.0 Å². The molecule has 0 bridgehead atoms. The molecule has 0 spiro atoms. The van der Waals surface area contributed by atoms with E-state index in [1.54, 1.807) is 0 Å². The maximum Gasteiger partial charge on any atom is 0.0595 e. The van der Waals surface area contributed by atoms with E-state index in [0.29, 0.717) is 21.5 Å². The number of nitrogens with one attached hydrogen (secondary N) is 1. The Balaban J connectivity index is 2.88. The standard InChI is InChI=1S/C17H27Cl2N/c1-7-15(12-8-9-13(18)14(19)10-12)20-17(5,6)11-16(2,3)4/h8-10,15,20H,7,11H2,1-6H3. The molecule has 0 aliphatic heterocycles. The van der Waals surface area contributed by atoms with Gasteiger partial charge in [0.05, 0.1) is 10.0 Å². The molecule has 1 unspecified atom stereocenters. The lowest BCUT2D eigenvalue weighted by atomic mass is 9.81. The lowest BCUT2D eigenvalue weighted by molar-refractivity contribution is 0.220. The maximum atomic E-state index is 6.13. The second-order valence-electron chi connectivity index (χ2n) is 7.40. The molecular weight excluding hydrogens is 289 g/mol. The summed E-state index contributed by atoms with van der Waals surface area (Å²) in [6.45, 7) is 13.5. The van der Waals surface area contributed by atoms with Gasteiger partial charge in [0, 0.05) is 11.6 Å². The van der Waals surface area contributed by atoms with Crippen molar-refractivity contribution in [2.75, 3.05) is 0 Å². The molecule has 0 heterocycles. The van der Waals surface area contributed by atoms with Crippen LogP contribution in [0.25, 0.3) is 0 Å². The van der Waals surface area contributed by atoms with Crippen molar-refractivity contribution >= 4 is 23.2 Å². The molecular formula is C17H27Cl2N. The Kier molecular flexibility index (Phi) is 5.95. The molecule has 0 fully saturated rings. The van der Waals surface area contributed by atoms with E-state index in [-0.39, 0.29) is 5.54 Å². The van der Waals surface area contributed by atoms with E-state index < -0.39 is 0 Å². The Labute approximate surface area is 134 Å². The van der Waals surface area contributed by atoms with Gasteiger partial charge in [-0.05, 0) is 49.8 Å². The van der Waals surface area contributed by atoms with Crippen molar-refractivity contribution in [2.24, 2.45) is 5.41 Å². The highest BCUT2D eigenvalue weighted by Crippen LogP contribution is 2.31. The van der Waals surface area contributed by atoms with Crippen molar-refractivity contribution in [3.8, 4) is 0 Å². The summed E-state index contributed by atoms with van der Waals surface area (Å²) in [6, 6.07) is 6.20. The largest absolute Gasteiger partial charge is 0.305 e. The molecule has 1 aromatic rings. The second kappa shape index (κ2) is 6.68. The monoisotopic (exact) mass is 315 g/mol. The van der Waals surface area contributed by atoms with Gasteiger partial charge in [0.15, 0.2) is 0 Å². The molecule has 0 amide bonds. The summed E-state index contributed by atoms with van der Waals surface area (Å²) in [6.07, 6.45) is 2.13. The van der Waals surface area contributed by atoms with Crippen molar-refractivity contribution in [3.05, 3.63) is 33.8 Å². The molecule has 1 rings (SSSR count). The van der Waals surface area contributed by atoms with Gasteiger partial charge >= 0.3 is 0 Å². The fourth-order valence-electron chi connectivity index (χ4n) is 3.00. The Hall–Kier alpha value is -0.240. The van der Waals surface area contributed by atoms with Crippen LogP contribution in [-0.4, -0.2) is 5.54 Å². The molecule has 0 aliphatic carbocycles. The minimum Gasteiger partial charge on any atom is -0.305 e. The van der Waals surface area contributed by atoms with Crippen molar-refractivity contribution in [2.45, 2.75) is 66.0 Å². The van der Waals surface area contributed by atoms with Crippen LogP contribution in [0.15, 0.2) is 18.2 Å². The average Bonchev–Trinajstić information content (AvgIpc) is 2.26. The summed E-state index contributed by atoms with van der Waals surface area (Å²) in [5.74, 6) is 0. The van der Waals surface area contributed by atoms with Gasteiger partial charge in [-0.2, -0.15) is 0 Å². The molecule has 0 saturated heterocycles. The third kappa shape index (κ3) is 5.63. The zero-order valence-electron chi connectivity index (χ0n) is 13.5. The van der Waals surface area contributed by atoms with E-state index in [9.17, 15) is 0 Å². The molecule has 0 aromatic heterocycles. The predicted molar refractivity (Wildman–Crippen MR) is 90.8 cm³/mol. The van der Waals surface area contributed by atoms with Crippen molar-refractivity contribution in [1.82, 2.24) is 5.32 Å². The highest BCUT2D eigenvalue weighted by Gasteiger charge is 2.27. The van der Waals surface area contributed by atoms with Gasteiger partial charge in [-0.3, -0.25) is 0 Å². The Morgan fingerprint density at radius 1 is 1.05 bits per heavy atom. The summed E-state index contributed by atoms with van der Waals surface area (Å²) < 4.78 is 0. The van der Waals surface area contributed by atoms with Crippen molar-refractivity contribution in [3.63, 3.8) is 0 Å². The van der Waals surface area contributed by atoms with Gasteiger partial charge in [-0.1, -0.05) is 57.0 Å². The van der Waals surface area contributed by atoms with E-state index in [4.69, 9.17) is 23.2 Å². The Bertz CT molecular complexity index is 447. The minimum absolute atomic E-state index is 0.0744. The van der Waals surface area contributed by atoms with Crippen molar-refractivity contribution in [1.29, 1.82) is 0 Å². The van der Waals surface area contributed by atoms with Gasteiger partial charge in [-0.25, -0.2) is 0 Å². The highest BCUT2D eigenvalue weighted by atomic mass is 35.5. The van der Waals surface area contributed by atoms with Crippen molar-refractivity contribution < 1.29 is 0 Å². The molecule has 0 radical (unpaired) electrons. The Morgan fingerprint density at radius 3 is 2.10 bits per heavy atom. The third-order valence-electron chi connectivity index (χ3n) is 3.29. The van der Waals surface area contributed by atoms with E-state index in [1.165, 1.54) is 5.56 Å². The van der Waals surface area contributed by atoms with Gasteiger partial charge in [0.25, 0.3) is 0 Å². The zero-order valence-corrected chi connectivity index (χ0v) is 15.0. The van der Waals surface area contributed by atoms with Gasteiger partial charge in [-0.15, -0.1) is 0 Å². The van der Waals surface area contributed by atoms with E-state index in [2.05, 4.69) is 52.9 Å². The number of hydrogen-bond donors (Lipinski definition) is 1. The molecule has 1 aromatic carbocycles. The van der Waals surface area contributed by atoms with Crippen LogP contribution < -0.4 is 5.32 Å². The normalized spacial score (nSPS) is 14.4. The van der Waals surface area contributed by atoms with E-state index >= 15 is 0 Å². The van der Waals surface area contributed by atoms with Gasteiger partial charge in [0.2, 0.25) is 0 Å². The lowest BCUT2D eigenvalue weighted by Crippen LogP contribution is -2.44. The molecule has 0 aliphatic rings. The van der Waals surface area contributed by atoms with Crippen LogP contribution >= 0.6 is 23.2 Å². The first kappa shape index (κ1) is 17.8. The highest BCUT2D eigenvalue weighted by molar-refractivity contribution is 6.42. The van der Waals surface area contributed by atoms with Gasteiger partial charge in [0.1, 0.15) is 0 Å². The minimum atomic E-state index is 0.0744. The number of halogens is 2. The summed E-state index contributed by atoms with van der Waals surface area (Å²) in [7, 11) is 0. The van der Waals surface area contributed by atoms with Gasteiger partial charge < -0.3 is 5.32 Å². The number of benzene rings is 1. The molecule has 0 saturated carbocycles. The third-order valence-corrected chi connectivity index (χ3v) is 4.03. The molecule has 114 valence electrons. The molecule has 20 heavy (non-hydrogen) atoms. The van der Waals surface area contributed by atoms with Crippen LogP contribution in [0.4, 0.5) is 0 Å². The quantitative estimate of drug-likeness (QED) is 0.677. The summed E-state index contributed by atoms with van der Waals surface area (Å²) in [5, 5.41) is 4.99. The summed E-state index contributed by atoms with van der Waals surface area (Å²) >= 11 is 12.1. The molecule has 3 heteroatoms. The number of rotatable bonds is 5. The smallest absolute Gasteiger partial charge is 0.0595 e. The maximum absolute atomic E-state index is 6.13.